The van der Waals surface area contributed by atoms with Crippen LogP contribution >= 0.6 is 23.2 Å². The van der Waals surface area contributed by atoms with E-state index in [1.807, 2.05) is 18.2 Å². The van der Waals surface area contributed by atoms with Crippen LogP contribution in [0.25, 0.3) is 0 Å². The number of ketones is 1. The number of benzene rings is 2. The Morgan fingerprint density at radius 1 is 1.15 bits per heavy atom. The van der Waals surface area contributed by atoms with E-state index in [1.54, 1.807) is 12.1 Å². The Balaban J connectivity index is 1.64. The van der Waals surface area contributed by atoms with Crippen LogP contribution in [0.5, 0.6) is 0 Å². The molecule has 3 heteroatoms. The van der Waals surface area contributed by atoms with E-state index in [1.165, 1.54) is 11.1 Å². The smallest absolute Gasteiger partial charge is 0.137 e. The molecule has 1 nitrogen and oxygen atoms in total. The van der Waals surface area contributed by atoms with E-state index in [4.69, 9.17) is 23.2 Å². The summed E-state index contributed by atoms with van der Waals surface area (Å²) in [7, 11) is 0. The fourth-order valence-corrected chi connectivity index (χ4v) is 3.24. The lowest BCUT2D eigenvalue weighted by Gasteiger charge is -2.29. The summed E-state index contributed by atoms with van der Waals surface area (Å²) in [6.45, 7) is 0. The zero-order valence-electron chi connectivity index (χ0n) is 10.9. The third-order valence-corrected chi connectivity index (χ3v) is 4.42. The molecule has 1 aliphatic rings. The van der Waals surface area contributed by atoms with Gasteiger partial charge in [-0.2, -0.15) is 0 Å². The van der Waals surface area contributed by atoms with Crippen molar-refractivity contribution in [3.05, 3.63) is 69.2 Å². The Labute approximate surface area is 128 Å². The third-order valence-electron chi connectivity index (χ3n) is 3.84. The standard InChI is InChI=1S/C17H14Cl2O/c18-14-6-5-12(17(19)10-14)8-15(20)9-13-7-11-3-1-2-4-16(11)13/h1-6,10,13H,7-9H2. The molecule has 0 aliphatic heterocycles. The summed E-state index contributed by atoms with van der Waals surface area (Å²) < 4.78 is 0. The van der Waals surface area contributed by atoms with E-state index >= 15 is 0 Å². The maximum absolute atomic E-state index is 12.2. The molecule has 0 heterocycles. The maximum atomic E-state index is 12.2. The van der Waals surface area contributed by atoms with Crippen LogP contribution in [0.1, 0.15) is 29.0 Å². The topological polar surface area (TPSA) is 17.1 Å². The Hall–Kier alpha value is -1.31. The van der Waals surface area contributed by atoms with Crippen molar-refractivity contribution >= 4 is 29.0 Å². The molecule has 0 aromatic heterocycles. The third kappa shape index (κ3) is 2.74. The number of halogens is 2. The summed E-state index contributed by atoms with van der Waals surface area (Å²) in [5, 5.41) is 1.17. The molecule has 1 atom stereocenters. The van der Waals surface area contributed by atoms with Gasteiger partial charge < -0.3 is 0 Å². The number of rotatable bonds is 4. The highest BCUT2D eigenvalue weighted by Crippen LogP contribution is 2.37. The summed E-state index contributed by atoms with van der Waals surface area (Å²) in [6, 6.07) is 13.6. The average Bonchev–Trinajstić information content (AvgIpc) is 2.39. The Kier molecular flexibility index (Phi) is 3.82. The zero-order valence-corrected chi connectivity index (χ0v) is 12.4. The molecular formula is C17H14Cl2O. The van der Waals surface area contributed by atoms with Crippen molar-refractivity contribution in [2.75, 3.05) is 0 Å². The van der Waals surface area contributed by atoms with Crippen LogP contribution < -0.4 is 0 Å². The second-order valence-electron chi connectivity index (χ2n) is 5.26. The molecule has 2 aromatic rings. The lowest BCUT2D eigenvalue weighted by atomic mass is 9.75. The molecule has 3 rings (SSSR count). The molecule has 0 amide bonds. The molecule has 0 spiro atoms. The van der Waals surface area contributed by atoms with Gasteiger partial charge in [0.05, 0.1) is 0 Å². The number of carbonyl (C=O) groups excluding carboxylic acids is 1. The summed E-state index contributed by atoms with van der Waals surface area (Å²) in [6.07, 6.45) is 1.99. The average molecular weight is 305 g/mol. The Morgan fingerprint density at radius 2 is 1.95 bits per heavy atom. The molecule has 0 saturated heterocycles. The molecule has 1 aliphatic carbocycles. The van der Waals surface area contributed by atoms with Crippen LogP contribution in [0, 0.1) is 0 Å². The number of hydrogen-bond donors (Lipinski definition) is 0. The van der Waals surface area contributed by atoms with Gasteiger partial charge in [0.25, 0.3) is 0 Å². The quantitative estimate of drug-likeness (QED) is 0.790. The van der Waals surface area contributed by atoms with Gasteiger partial charge in [0, 0.05) is 22.9 Å². The lowest BCUT2D eigenvalue weighted by Crippen LogP contribution is -2.20. The molecule has 0 N–H and O–H groups in total. The molecule has 0 bridgehead atoms. The van der Waals surface area contributed by atoms with Crippen LogP contribution in [0.3, 0.4) is 0 Å². The van der Waals surface area contributed by atoms with Gasteiger partial charge in [-0.15, -0.1) is 0 Å². The van der Waals surface area contributed by atoms with Crippen LogP contribution in [-0.4, -0.2) is 5.78 Å². The van der Waals surface area contributed by atoms with Crippen LogP contribution in [0.15, 0.2) is 42.5 Å². The van der Waals surface area contributed by atoms with Gasteiger partial charge in [-0.1, -0.05) is 53.5 Å². The van der Waals surface area contributed by atoms with Crippen molar-refractivity contribution in [2.24, 2.45) is 0 Å². The summed E-state index contributed by atoms with van der Waals surface area (Å²) in [4.78, 5) is 12.2. The zero-order chi connectivity index (χ0) is 14.1. The van der Waals surface area contributed by atoms with E-state index in [0.29, 0.717) is 28.8 Å². The predicted molar refractivity (Wildman–Crippen MR) is 82.7 cm³/mol. The molecule has 0 saturated carbocycles. The lowest BCUT2D eigenvalue weighted by molar-refractivity contribution is -0.118. The van der Waals surface area contributed by atoms with Gasteiger partial charge in [-0.3, -0.25) is 4.79 Å². The second kappa shape index (κ2) is 5.59. The van der Waals surface area contributed by atoms with Crippen LogP contribution in [0.4, 0.5) is 0 Å². The molecular weight excluding hydrogens is 291 g/mol. The summed E-state index contributed by atoms with van der Waals surface area (Å²) in [5.74, 6) is 0.610. The van der Waals surface area contributed by atoms with Crippen molar-refractivity contribution < 1.29 is 4.79 Å². The number of Topliss-reactive ketones (excluding diaryl/α,β-unsaturated/α-hetero) is 1. The first-order valence-corrected chi connectivity index (χ1v) is 7.42. The van der Waals surface area contributed by atoms with Gasteiger partial charge in [-0.05, 0) is 41.2 Å². The Bertz CT molecular complexity index is 664. The van der Waals surface area contributed by atoms with E-state index in [0.717, 1.165) is 12.0 Å². The first kappa shape index (κ1) is 13.7. The predicted octanol–water partition coefficient (Wildman–Crippen LogP) is 4.84. The van der Waals surface area contributed by atoms with Crippen LogP contribution in [0.2, 0.25) is 10.0 Å². The minimum Gasteiger partial charge on any atom is -0.299 e. The summed E-state index contributed by atoms with van der Waals surface area (Å²) >= 11 is 12.0. The van der Waals surface area contributed by atoms with Gasteiger partial charge in [0.15, 0.2) is 0 Å². The monoisotopic (exact) mass is 304 g/mol. The van der Waals surface area contributed by atoms with Crippen molar-refractivity contribution in [1.29, 1.82) is 0 Å². The largest absolute Gasteiger partial charge is 0.299 e. The molecule has 102 valence electrons. The summed E-state index contributed by atoms with van der Waals surface area (Å²) in [5.41, 5.74) is 3.55. The van der Waals surface area contributed by atoms with Gasteiger partial charge in [0.1, 0.15) is 5.78 Å². The Morgan fingerprint density at radius 3 is 2.70 bits per heavy atom. The minimum atomic E-state index is 0.230. The SMILES string of the molecule is O=C(Cc1ccc(Cl)cc1Cl)CC1Cc2ccccc21. The van der Waals surface area contributed by atoms with Gasteiger partial charge in [-0.25, -0.2) is 0 Å². The molecule has 0 fully saturated rings. The second-order valence-corrected chi connectivity index (χ2v) is 6.10. The maximum Gasteiger partial charge on any atom is 0.137 e. The minimum absolute atomic E-state index is 0.230. The van der Waals surface area contributed by atoms with Crippen molar-refractivity contribution in [3.8, 4) is 0 Å². The first-order valence-electron chi connectivity index (χ1n) is 6.67. The van der Waals surface area contributed by atoms with Crippen LogP contribution in [-0.2, 0) is 17.6 Å². The van der Waals surface area contributed by atoms with E-state index in [-0.39, 0.29) is 5.78 Å². The normalized spacial score (nSPS) is 16.4. The molecule has 20 heavy (non-hydrogen) atoms. The van der Waals surface area contributed by atoms with E-state index < -0.39 is 0 Å². The van der Waals surface area contributed by atoms with Gasteiger partial charge in [0.2, 0.25) is 0 Å². The number of fused-ring (bicyclic) bond motifs is 1. The van der Waals surface area contributed by atoms with Crippen molar-refractivity contribution in [3.63, 3.8) is 0 Å². The first-order chi connectivity index (χ1) is 9.63. The number of hydrogen-bond acceptors (Lipinski definition) is 1. The molecule has 0 radical (unpaired) electrons. The molecule has 1 unspecified atom stereocenters. The van der Waals surface area contributed by atoms with Crippen molar-refractivity contribution in [1.82, 2.24) is 0 Å². The highest BCUT2D eigenvalue weighted by Gasteiger charge is 2.27. The van der Waals surface area contributed by atoms with E-state index in [9.17, 15) is 4.79 Å². The van der Waals surface area contributed by atoms with E-state index in [2.05, 4.69) is 12.1 Å². The highest BCUT2D eigenvalue weighted by atomic mass is 35.5. The molecule has 2 aromatic carbocycles. The number of carbonyl (C=O) groups is 1. The van der Waals surface area contributed by atoms with Crippen molar-refractivity contribution in [2.45, 2.75) is 25.2 Å². The fourth-order valence-electron chi connectivity index (χ4n) is 2.77. The van der Waals surface area contributed by atoms with Gasteiger partial charge >= 0.3 is 0 Å². The highest BCUT2D eigenvalue weighted by molar-refractivity contribution is 6.35. The fraction of sp³-hybridized carbons (Fsp3) is 0.235.